The van der Waals surface area contributed by atoms with E-state index >= 15 is 0 Å². The zero-order valence-corrected chi connectivity index (χ0v) is 11.1. The first kappa shape index (κ1) is 13.8. The van der Waals surface area contributed by atoms with Gasteiger partial charge >= 0.3 is 5.97 Å². The van der Waals surface area contributed by atoms with E-state index in [1.54, 1.807) is 19.9 Å². The van der Waals surface area contributed by atoms with Crippen molar-refractivity contribution in [3.8, 4) is 0 Å². The van der Waals surface area contributed by atoms with E-state index in [1.165, 1.54) is 0 Å². The highest BCUT2D eigenvalue weighted by molar-refractivity contribution is 5.99. The molecule has 8 nitrogen and oxygen atoms in total. The molecule has 0 spiro atoms. The monoisotopic (exact) mass is 278 g/mol. The first-order valence-corrected chi connectivity index (χ1v) is 5.97. The van der Waals surface area contributed by atoms with Gasteiger partial charge in [-0.05, 0) is 19.9 Å². The van der Waals surface area contributed by atoms with Gasteiger partial charge in [-0.2, -0.15) is 4.98 Å². The number of hydrogen-bond acceptors (Lipinski definition) is 5. The van der Waals surface area contributed by atoms with E-state index in [0.29, 0.717) is 23.8 Å². The minimum Gasteiger partial charge on any atom is -0.477 e. The maximum Gasteiger partial charge on any atom is 0.354 e. The summed E-state index contributed by atoms with van der Waals surface area (Å²) >= 11 is 0. The number of nitrogens with one attached hydrogen (secondary N) is 2. The molecule has 0 unspecified atom stereocenters. The molecule has 0 aliphatic carbocycles. The van der Waals surface area contributed by atoms with E-state index in [4.69, 9.17) is 9.63 Å². The van der Waals surface area contributed by atoms with Crippen LogP contribution in [0.4, 0.5) is 5.69 Å². The molecule has 2 rings (SSSR count). The Bertz CT molecular complexity index is 644. The summed E-state index contributed by atoms with van der Waals surface area (Å²) in [4.78, 5) is 29.4. The summed E-state index contributed by atoms with van der Waals surface area (Å²) in [6.07, 6.45) is 0.434. The van der Waals surface area contributed by atoms with Gasteiger partial charge < -0.3 is 19.9 Å². The van der Waals surface area contributed by atoms with Crippen LogP contribution in [0.25, 0.3) is 0 Å². The topological polar surface area (TPSA) is 121 Å². The predicted molar refractivity (Wildman–Crippen MR) is 68.5 cm³/mol. The highest BCUT2D eigenvalue weighted by Crippen LogP contribution is 2.17. The summed E-state index contributed by atoms with van der Waals surface area (Å²) in [6, 6.07) is 1.57. The molecule has 0 bridgehead atoms. The van der Waals surface area contributed by atoms with Crippen LogP contribution in [0.2, 0.25) is 0 Å². The van der Waals surface area contributed by atoms with Gasteiger partial charge in [-0.1, -0.05) is 5.16 Å². The zero-order valence-electron chi connectivity index (χ0n) is 11.1. The number of carbonyl (C=O) groups excluding carboxylic acids is 1. The number of nitrogens with zero attached hydrogens (tertiary/aromatic N) is 2. The average Bonchev–Trinajstić information content (AvgIpc) is 2.93. The molecule has 0 saturated heterocycles. The van der Waals surface area contributed by atoms with Crippen molar-refractivity contribution in [2.75, 3.05) is 5.32 Å². The van der Waals surface area contributed by atoms with E-state index in [1.807, 2.05) is 0 Å². The first-order valence-electron chi connectivity index (χ1n) is 5.97. The maximum absolute atomic E-state index is 11.8. The molecule has 2 heterocycles. The lowest BCUT2D eigenvalue weighted by Gasteiger charge is -2.02. The number of anilines is 1. The third-order valence-electron chi connectivity index (χ3n) is 2.58. The van der Waals surface area contributed by atoms with Crippen molar-refractivity contribution >= 4 is 17.6 Å². The summed E-state index contributed by atoms with van der Waals surface area (Å²) in [5.74, 6) is -0.556. The normalized spacial score (nSPS) is 10.5. The van der Waals surface area contributed by atoms with Gasteiger partial charge in [0.05, 0.1) is 5.69 Å². The number of aryl methyl sites for hydroxylation is 3. The Hall–Kier alpha value is -2.64. The number of aromatic carboxylic acids is 1. The lowest BCUT2D eigenvalue weighted by molar-refractivity contribution is -0.116. The van der Waals surface area contributed by atoms with Crippen molar-refractivity contribution in [1.82, 2.24) is 15.1 Å². The smallest absolute Gasteiger partial charge is 0.354 e. The van der Waals surface area contributed by atoms with Crippen molar-refractivity contribution < 1.29 is 19.2 Å². The lowest BCUT2D eigenvalue weighted by atomic mass is 10.2. The largest absolute Gasteiger partial charge is 0.477 e. The summed E-state index contributed by atoms with van der Waals surface area (Å²) in [5.41, 5.74) is 0.872. The molecule has 0 aliphatic rings. The number of carboxylic acids is 1. The fourth-order valence-corrected chi connectivity index (χ4v) is 1.73. The van der Waals surface area contributed by atoms with Gasteiger partial charge in [-0.25, -0.2) is 4.79 Å². The lowest BCUT2D eigenvalue weighted by Crippen LogP contribution is -2.14. The molecular formula is C12H14N4O4. The quantitative estimate of drug-likeness (QED) is 0.757. The average molecular weight is 278 g/mol. The Morgan fingerprint density at radius 1 is 1.45 bits per heavy atom. The second kappa shape index (κ2) is 5.55. The second-order valence-electron chi connectivity index (χ2n) is 4.33. The number of aromatic amines is 1. The number of carbonyl (C=O) groups is 2. The van der Waals surface area contributed by atoms with Crippen LogP contribution in [0.15, 0.2) is 10.6 Å². The van der Waals surface area contributed by atoms with Gasteiger partial charge in [0.25, 0.3) is 0 Å². The van der Waals surface area contributed by atoms with Gasteiger partial charge in [0, 0.05) is 18.5 Å². The Kier molecular flexibility index (Phi) is 3.83. The van der Waals surface area contributed by atoms with Crippen molar-refractivity contribution in [2.24, 2.45) is 0 Å². The molecule has 8 heteroatoms. The minimum atomic E-state index is -1.12. The van der Waals surface area contributed by atoms with E-state index in [9.17, 15) is 9.59 Å². The molecule has 0 atom stereocenters. The number of aromatic nitrogens is 3. The van der Waals surface area contributed by atoms with Crippen LogP contribution in [0.3, 0.4) is 0 Å². The Morgan fingerprint density at radius 2 is 2.20 bits per heavy atom. The number of rotatable bonds is 5. The molecule has 20 heavy (non-hydrogen) atoms. The number of H-pyrrole nitrogens is 1. The highest BCUT2D eigenvalue weighted by atomic mass is 16.5. The fraction of sp³-hybridized carbons (Fsp3) is 0.333. The Labute approximate surface area is 114 Å². The molecule has 1 amide bonds. The van der Waals surface area contributed by atoms with E-state index in [0.717, 1.165) is 0 Å². The van der Waals surface area contributed by atoms with Gasteiger partial charge in [-0.3, -0.25) is 4.79 Å². The van der Waals surface area contributed by atoms with E-state index < -0.39 is 5.97 Å². The van der Waals surface area contributed by atoms with Crippen LogP contribution >= 0.6 is 0 Å². The van der Waals surface area contributed by atoms with Crippen molar-refractivity contribution in [2.45, 2.75) is 26.7 Å². The van der Waals surface area contributed by atoms with Crippen molar-refractivity contribution in [3.63, 3.8) is 0 Å². The first-order chi connectivity index (χ1) is 9.45. The number of carboxylic acid groups (broad SMARTS) is 1. The number of hydrogen-bond donors (Lipinski definition) is 3. The Morgan fingerprint density at radius 3 is 2.80 bits per heavy atom. The third-order valence-corrected chi connectivity index (χ3v) is 2.58. The third kappa shape index (κ3) is 3.22. The standard InChI is InChI=1S/C12H14N4O4/c1-6-5-8(11(13-6)12(18)19)15-9(17)3-4-10-14-7(2)16-20-10/h5,13H,3-4H2,1-2H3,(H,15,17)(H,18,19). The van der Waals surface area contributed by atoms with Crippen LogP contribution in [0.5, 0.6) is 0 Å². The molecule has 0 fully saturated rings. The van der Waals surface area contributed by atoms with Crippen LogP contribution in [-0.4, -0.2) is 32.1 Å². The molecule has 0 aliphatic heterocycles. The molecule has 0 radical (unpaired) electrons. The predicted octanol–water partition coefficient (Wildman–Crippen LogP) is 1.28. The minimum absolute atomic E-state index is 0.0375. The van der Waals surface area contributed by atoms with Gasteiger partial charge in [-0.15, -0.1) is 0 Å². The van der Waals surface area contributed by atoms with Crippen LogP contribution in [0, 0.1) is 13.8 Å². The molecular weight excluding hydrogens is 264 g/mol. The second-order valence-corrected chi connectivity index (χ2v) is 4.33. The fourth-order valence-electron chi connectivity index (χ4n) is 1.73. The summed E-state index contributed by atoms with van der Waals surface area (Å²) < 4.78 is 4.89. The molecule has 0 saturated carbocycles. The highest BCUT2D eigenvalue weighted by Gasteiger charge is 2.15. The SMILES string of the molecule is Cc1noc(CCC(=O)Nc2cc(C)[nH]c2C(=O)O)n1. The zero-order chi connectivity index (χ0) is 14.7. The molecule has 2 aromatic rings. The summed E-state index contributed by atoms with van der Waals surface area (Å²) in [6.45, 7) is 3.40. The molecule has 0 aromatic carbocycles. The summed E-state index contributed by atoms with van der Waals surface area (Å²) in [5, 5.41) is 15.2. The van der Waals surface area contributed by atoms with Crippen LogP contribution in [-0.2, 0) is 11.2 Å². The Balaban J connectivity index is 1.96. The van der Waals surface area contributed by atoms with Crippen molar-refractivity contribution in [1.29, 1.82) is 0 Å². The van der Waals surface area contributed by atoms with Crippen LogP contribution < -0.4 is 5.32 Å². The van der Waals surface area contributed by atoms with E-state index in [2.05, 4.69) is 20.4 Å². The molecule has 2 aromatic heterocycles. The maximum atomic E-state index is 11.8. The van der Waals surface area contributed by atoms with Gasteiger partial charge in [0.15, 0.2) is 5.82 Å². The molecule has 3 N–H and O–H groups in total. The van der Waals surface area contributed by atoms with Gasteiger partial charge in [0.2, 0.25) is 11.8 Å². The number of amides is 1. The molecule has 106 valence electrons. The van der Waals surface area contributed by atoms with Gasteiger partial charge in [0.1, 0.15) is 5.69 Å². The van der Waals surface area contributed by atoms with E-state index in [-0.39, 0.29) is 23.7 Å². The van der Waals surface area contributed by atoms with Crippen molar-refractivity contribution in [3.05, 3.63) is 29.2 Å². The summed E-state index contributed by atoms with van der Waals surface area (Å²) in [7, 11) is 0. The van der Waals surface area contributed by atoms with Crippen LogP contribution in [0.1, 0.15) is 34.3 Å².